The molecule has 2 heterocycles. The summed E-state index contributed by atoms with van der Waals surface area (Å²) in [5.41, 5.74) is 1.87. The normalized spacial score (nSPS) is 13.7. The number of rotatable bonds is 5. The van der Waals surface area contributed by atoms with Gasteiger partial charge in [0, 0.05) is 10.4 Å². The van der Waals surface area contributed by atoms with Gasteiger partial charge in [-0.3, -0.25) is 4.79 Å². The lowest BCUT2D eigenvalue weighted by Crippen LogP contribution is -2.14. The predicted molar refractivity (Wildman–Crippen MR) is 117 cm³/mol. The first kappa shape index (κ1) is 20.1. The predicted octanol–water partition coefficient (Wildman–Crippen LogP) is 4.62. The molecule has 6 nitrogen and oxygen atoms in total. The van der Waals surface area contributed by atoms with Gasteiger partial charge in [0.2, 0.25) is 0 Å². The number of benzene rings is 1. The van der Waals surface area contributed by atoms with Gasteiger partial charge in [-0.1, -0.05) is 6.42 Å². The summed E-state index contributed by atoms with van der Waals surface area (Å²) < 4.78 is 11.0. The van der Waals surface area contributed by atoms with Crippen LogP contribution in [-0.4, -0.2) is 29.2 Å². The van der Waals surface area contributed by atoms with E-state index in [1.54, 1.807) is 24.3 Å². The highest BCUT2D eigenvalue weighted by Crippen LogP contribution is 2.34. The number of esters is 1. The van der Waals surface area contributed by atoms with Crippen LogP contribution >= 0.6 is 27.3 Å². The number of carbonyl (C=O) groups excluding carboxylic acids is 1. The Morgan fingerprint density at radius 3 is 2.90 bits per heavy atom. The van der Waals surface area contributed by atoms with Crippen LogP contribution in [0.2, 0.25) is 0 Å². The summed E-state index contributed by atoms with van der Waals surface area (Å²) in [7, 11) is 0. The van der Waals surface area contributed by atoms with Crippen molar-refractivity contribution in [2.45, 2.75) is 39.0 Å². The second-order valence-electron chi connectivity index (χ2n) is 6.90. The molecule has 0 fully saturated rings. The number of aromatic amines is 1. The molecule has 1 aromatic carbocycles. The number of aryl methyl sites for hydroxylation is 2. The van der Waals surface area contributed by atoms with E-state index in [-0.39, 0.29) is 12.2 Å². The molecule has 0 saturated heterocycles. The molecule has 1 aliphatic rings. The molecule has 0 aliphatic heterocycles. The molecule has 0 radical (unpaired) electrons. The minimum Gasteiger partial charge on any atom is -0.481 e. The molecule has 0 unspecified atom stereocenters. The molecule has 0 saturated carbocycles. The highest BCUT2D eigenvalue weighted by atomic mass is 79.9. The molecular formula is C21H21BrN2O4S. The van der Waals surface area contributed by atoms with E-state index in [2.05, 4.69) is 20.9 Å². The zero-order valence-corrected chi connectivity index (χ0v) is 18.5. The lowest BCUT2D eigenvalue weighted by atomic mass is 10.1. The van der Waals surface area contributed by atoms with Crippen LogP contribution in [0.5, 0.6) is 5.75 Å². The lowest BCUT2D eigenvalue weighted by Gasteiger charge is -2.09. The highest BCUT2D eigenvalue weighted by molar-refractivity contribution is 9.10. The molecule has 1 aliphatic carbocycles. The Labute approximate surface area is 180 Å². The van der Waals surface area contributed by atoms with Gasteiger partial charge in [-0.25, -0.2) is 9.78 Å². The number of fused-ring (bicyclic) bond motifs is 3. The van der Waals surface area contributed by atoms with Crippen LogP contribution in [0, 0.1) is 0 Å². The summed E-state index contributed by atoms with van der Waals surface area (Å²) in [6.45, 7) is 1.91. The van der Waals surface area contributed by atoms with Gasteiger partial charge in [0.1, 0.15) is 16.4 Å². The van der Waals surface area contributed by atoms with Crippen molar-refractivity contribution in [2.24, 2.45) is 0 Å². The van der Waals surface area contributed by atoms with Crippen molar-refractivity contribution in [1.29, 1.82) is 0 Å². The van der Waals surface area contributed by atoms with Gasteiger partial charge in [-0.15, -0.1) is 11.3 Å². The van der Waals surface area contributed by atoms with Gasteiger partial charge in [0.05, 0.1) is 16.5 Å². The molecule has 3 aromatic rings. The molecule has 8 heteroatoms. The molecule has 0 bridgehead atoms. The first-order valence-corrected chi connectivity index (χ1v) is 11.3. The maximum absolute atomic E-state index is 12.8. The maximum Gasteiger partial charge on any atom is 0.344 e. The van der Waals surface area contributed by atoms with Crippen molar-refractivity contribution in [2.75, 3.05) is 13.2 Å². The Balaban J connectivity index is 1.64. The summed E-state index contributed by atoms with van der Waals surface area (Å²) in [4.78, 5) is 34.1. The van der Waals surface area contributed by atoms with E-state index in [1.807, 2.05) is 12.1 Å². The standard InChI is InChI=1S/C21H21BrN2O4S/c1-2-27-17(25)11-28-15-9-8-12(10-14(15)22)19-23-20(26)18-13-6-4-3-5-7-16(13)29-21(18)24-19/h8-10H,2-7,11H2,1H3,(H,23,24,26). The number of nitrogens with zero attached hydrogens (tertiary/aromatic N) is 1. The van der Waals surface area contributed by atoms with Crippen LogP contribution in [-0.2, 0) is 22.4 Å². The van der Waals surface area contributed by atoms with Crippen molar-refractivity contribution in [3.8, 4) is 17.1 Å². The molecule has 1 N–H and O–H groups in total. The molecule has 2 aromatic heterocycles. The monoisotopic (exact) mass is 476 g/mol. The number of hydrogen-bond acceptors (Lipinski definition) is 6. The van der Waals surface area contributed by atoms with E-state index < -0.39 is 5.97 Å². The first-order chi connectivity index (χ1) is 14.1. The molecule has 0 spiro atoms. The van der Waals surface area contributed by atoms with E-state index in [1.165, 1.54) is 23.3 Å². The van der Waals surface area contributed by atoms with Gasteiger partial charge in [0.15, 0.2) is 6.61 Å². The summed E-state index contributed by atoms with van der Waals surface area (Å²) in [6.07, 6.45) is 5.50. The molecule has 4 rings (SSSR count). The highest BCUT2D eigenvalue weighted by Gasteiger charge is 2.19. The topological polar surface area (TPSA) is 81.3 Å². The number of halogens is 1. The number of hydrogen-bond donors (Lipinski definition) is 1. The Morgan fingerprint density at radius 2 is 2.10 bits per heavy atom. The fourth-order valence-electron chi connectivity index (χ4n) is 3.58. The largest absolute Gasteiger partial charge is 0.481 e. The van der Waals surface area contributed by atoms with Crippen molar-refractivity contribution >= 4 is 43.5 Å². The van der Waals surface area contributed by atoms with Crippen molar-refractivity contribution in [3.05, 3.63) is 43.5 Å². The smallest absolute Gasteiger partial charge is 0.344 e. The fourth-order valence-corrected chi connectivity index (χ4v) is 5.34. The van der Waals surface area contributed by atoms with Crippen LogP contribution in [0.3, 0.4) is 0 Å². The quantitative estimate of drug-likeness (QED) is 0.428. The number of aromatic nitrogens is 2. The van der Waals surface area contributed by atoms with Crippen molar-refractivity contribution < 1.29 is 14.3 Å². The third-order valence-electron chi connectivity index (χ3n) is 4.93. The number of ether oxygens (including phenoxy) is 2. The Kier molecular flexibility index (Phi) is 6.01. The van der Waals surface area contributed by atoms with E-state index in [0.29, 0.717) is 22.7 Å². The minimum absolute atomic E-state index is 0.0804. The Bertz CT molecular complexity index is 1120. The number of H-pyrrole nitrogens is 1. The van der Waals surface area contributed by atoms with E-state index in [9.17, 15) is 9.59 Å². The van der Waals surface area contributed by atoms with Crippen LogP contribution in [0.15, 0.2) is 27.5 Å². The molecule has 29 heavy (non-hydrogen) atoms. The number of carbonyl (C=O) groups is 1. The zero-order valence-electron chi connectivity index (χ0n) is 16.0. The van der Waals surface area contributed by atoms with Crippen LogP contribution in [0.25, 0.3) is 21.6 Å². The zero-order chi connectivity index (χ0) is 20.4. The van der Waals surface area contributed by atoms with Crippen LogP contribution < -0.4 is 10.3 Å². The third-order valence-corrected chi connectivity index (χ3v) is 6.74. The van der Waals surface area contributed by atoms with E-state index in [0.717, 1.165) is 35.0 Å². The van der Waals surface area contributed by atoms with Gasteiger partial charge < -0.3 is 14.5 Å². The van der Waals surface area contributed by atoms with Gasteiger partial charge in [-0.05, 0) is 72.3 Å². The Morgan fingerprint density at radius 1 is 1.28 bits per heavy atom. The second-order valence-corrected chi connectivity index (χ2v) is 8.84. The molecular weight excluding hydrogens is 456 g/mol. The van der Waals surface area contributed by atoms with Gasteiger partial charge in [0.25, 0.3) is 5.56 Å². The first-order valence-electron chi connectivity index (χ1n) is 9.69. The fraction of sp³-hybridized carbons (Fsp3) is 0.381. The molecule has 0 atom stereocenters. The van der Waals surface area contributed by atoms with Crippen LogP contribution in [0.4, 0.5) is 0 Å². The summed E-state index contributed by atoms with van der Waals surface area (Å²) in [6, 6.07) is 5.38. The number of nitrogens with one attached hydrogen (secondary N) is 1. The Hall–Kier alpha value is -2.19. The van der Waals surface area contributed by atoms with E-state index >= 15 is 0 Å². The van der Waals surface area contributed by atoms with Gasteiger partial charge in [-0.2, -0.15) is 0 Å². The third kappa shape index (κ3) is 4.23. The molecule has 152 valence electrons. The maximum atomic E-state index is 12.8. The number of thiophene rings is 1. The summed E-state index contributed by atoms with van der Waals surface area (Å²) in [5.74, 6) is 0.627. The average molecular weight is 477 g/mol. The average Bonchev–Trinajstić information content (AvgIpc) is 2.89. The van der Waals surface area contributed by atoms with Crippen LogP contribution in [0.1, 0.15) is 36.6 Å². The summed E-state index contributed by atoms with van der Waals surface area (Å²) in [5, 5.41) is 0.754. The van der Waals surface area contributed by atoms with E-state index in [4.69, 9.17) is 14.5 Å². The lowest BCUT2D eigenvalue weighted by molar-refractivity contribution is -0.145. The van der Waals surface area contributed by atoms with Crippen molar-refractivity contribution in [1.82, 2.24) is 9.97 Å². The minimum atomic E-state index is -0.419. The van der Waals surface area contributed by atoms with Gasteiger partial charge >= 0.3 is 5.97 Å². The molecule has 0 amide bonds. The van der Waals surface area contributed by atoms with Crippen molar-refractivity contribution in [3.63, 3.8) is 0 Å². The SMILES string of the molecule is CCOC(=O)COc1ccc(-c2nc3sc4c(c3c(=O)[nH]2)CCCCC4)cc1Br. The second kappa shape index (κ2) is 8.67. The summed E-state index contributed by atoms with van der Waals surface area (Å²) >= 11 is 5.10.